The number of benzene rings is 17. The molecule has 4 nitrogen and oxygen atoms in total. The molecule has 17 aromatic carbocycles. The van der Waals surface area contributed by atoms with Crippen LogP contribution < -0.4 is 9.80 Å². The second-order valence-electron chi connectivity index (χ2n) is 23.2. The first-order valence-corrected chi connectivity index (χ1v) is 29.5. The van der Waals surface area contributed by atoms with Gasteiger partial charge in [0.1, 0.15) is 22.3 Å². The Balaban J connectivity index is 0.734. The molecule has 0 fully saturated rings. The Kier molecular flexibility index (Phi) is 9.86. The van der Waals surface area contributed by atoms with Crippen LogP contribution >= 0.6 is 0 Å². The van der Waals surface area contributed by atoms with Gasteiger partial charge in [0.05, 0.1) is 5.39 Å². The molecule has 86 heavy (non-hydrogen) atoms. The molecular formula is C82H48N2O2. The highest BCUT2D eigenvalue weighted by Crippen LogP contribution is 2.46. The van der Waals surface area contributed by atoms with Crippen LogP contribution in [0.15, 0.2) is 300 Å². The molecule has 19 rings (SSSR count). The van der Waals surface area contributed by atoms with E-state index >= 15 is 0 Å². The van der Waals surface area contributed by atoms with E-state index in [0.717, 1.165) is 99.5 Å². The maximum atomic E-state index is 7.07. The third kappa shape index (κ3) is 7.17. The Morgan fingerprint density at radius 2 is 0.477 bits per heavy atom. The lowest BCUT2D eigenvalue weighted by molar-refractivity contribution is 0.663. The first kappa shape index (κ1) is 47.1. The van der Waals surface area contributed by atoms with Gasteiger partial charge in [-0.2, -0.15) is 0 Å². The van der Waals surface area contributed by atoms with Gasteiger partial charge in [-0.1, -0.05) is 182 Å². The van der Waals surface area contributed by atoms with E-state index in [0.29, 0.717) is 0 Å². The third-order valence-corrected chi connectivity index (χ3v) is 18.4. The van der Waals surface area contributed by atoms with E-state index in [4.69, 9.17) is 8.83 Å². The van der Waals surface area contributed by atoms with E-state index in [1.54, 1.807) is 0 Å². The van der Waals surface area contributed by atoms with Crippen LogP contribution in [0.5, 0.6) is 0 Å². The predicted octanol–water partition coefficient (Wildman–Crippen LogP) is 24.0. The summed E-state index contributed by atoms with van der Waals surface area (Å²) in [4.78, 5) is 4.79. The maximum Gasteiger partial charge on any atom is 0.147 e. The molecule has 0 aliphatic rings. The Morgan fingerprint density at radius 3 is 0.884 bits per heavy atom. The average molecular weight is 1090 g/mol. The number of hydrogen-bond donors (Lipinski definition) is 0. The zero-order valence-corrected chi connectivity index (χ0v) is 46.4. The monoisotopic (exact) mass is 1090 g/mol. The molecule has 0 amide bonds. The number of hydrogen-bond acceptors (Lipinski definition) is 4. The topological polar surface area (TPSA) is 32.8 Å². The van der Waals surface area contributed by atoms with Crippen molar-refractivity contribution in [1.82, 2.24) is 0 Å². The van der Waals surface area contributed by atoms with Crippen molar-refractivity contribution in [1.29, 1.82) is 0 Å². The maximum absolute atomic E-state index is 7.07. The van der Waals surface area contributed by atoms with Crippen molar-refractivity contribution in [3.05, 3.63) is 291 Å². The summed E-state index contributed by atoms with van der Waals surface area (Å²) in [6.45, 7) is 0. The molecule has 0 bridgehead atoms. The number of rotatable bonds is 6. The molecule has 2 aromatic heterocycles. The van der Waals surface area contributed by atoms with Gasteiger partial charge in [0.15, 0.2) is 0 Å². The fourth-order valence-corrected chi connectivity index (χ4v) is 14.3. The summed E-state index contributed by atoms with van der Waals surface area (Å²) >= 11 is 0. The molecule has 0 radical (unpaired) electrons. The van der Waals surface area contributed by atoms with Crippen LogP contribution in [0, 0.1) is 0 Å². The van der Waals surface area contributed by atoms with Gasteiger partial charge in [-0.05, 0) is 217 Å². The predicted molar refractivity (Wildman–Crippen MR) is 365 cm³/mol. The molecule has 2 heterocycles. The average Bonchev–Trinajstić information content (AvgIpc) is 2.30. The SMILES string of the molecule is c1ccc2c(c1)ccc1cc(N(c3ccc4cc5c(cc4c3)oc3c5ccc4oc5cc6cc(N(c7ccc8c(ccc9ccccc98)c7)c7ccc8c(ccc9ccccc98)c7)ccc6cc5c43)c3ccc4c(ccc5ccccc54)c3)ccc12. The first-order valence-electron chi connectivity index (χ1n) is 29.5. The van der Waals surface area contributed by atoms with Crippen LogP contribution in [0.25, 0.3) is 152 Å². The van der Waals surface area contributed by atoms with Crippen molar-refractivity contribution < 1.29 is 8.83 Å². The van der Waals surface area contributed by atoms with Gasteiger partial charge in [0.25, 0.3) is 0 Å². The van der Waals surface area contributed by atoms with Crippen molar-refractivity contribution in [2.24, 2.45) is 0 Å². The summed E-state index contributed by atoms with van der Waals surface area (Å²) in [5.41, 5.74) is 9.75. The molecule has 0 atom stereocenters. The summed E-state index contributed by atoms with van der Waals surface area (Å²) < 4.78 is 13.9. The van der Waals surface area contributed by atoms with Crippen LogP contribution in [0.4, 0.5) is 34.1 Å². The van der Waals surface area contributed by atoms with Crippen LogP contribution in [-0.2, 0) is 0 Å². The fraction of sp³-hybridized carbons (Fsp3) is 0. The van der Waals surface area contributed by atoms with E-state index < -0.39 is 0 Å². The van der Waals surface area contributed by atoms with Crippen LogP contribution in [-0.4, -0.2) is 0 Å². The molecule has 0 spiro atoms. The van der Waals surface area contributed by atoms with Gasteiger partial charge in [-0.3, -0.25) is 0 Å². The smallest absolute Gasteiger partial charge is 0.147 e. The molecule has 4 heteroatoms. The molecule has 19 aromatic rings. The Bertz CT molecular complexity index is 5890. The molecule has 0 aliphatic heterocycles. The van der Waals surface area contributed by atoms with E-state index in [1.165, 1.54) is 86.2 Å². The minimum Gasteiger partial charge on any atom is -0.456 e. The van der Waals surface area contributed by atoms with E-state index in [2.05, 4.69) is 301 Å². The zero-order valence-electron chi connectivity index (χ0n) is 46.4. The normalized spacial score (nSPS) is 12.2. The number of anilines is 6. The second-order valence-corrected chi connectivity index (χ2v) is 23.2. The second kappa shape index (κ2) is 18.0. The van der Waals surface area contributed by atoms with Crippen molar-refractivity contribution in [3.8, 4) is 0 Å². The van der Waals surface area contributed by atoms with E-state index in [1.807, 2.05) is 0 Å². The Hall–Kier alpha value is -11.5. The summed E-state index contributed by atoms with van der Waals surface area (Å²) in [7, 11) is 0. The molecule has 0 saturated carbocycles. The highest BCUT2D eigenvalue weighted by atomic mass is 16.3. The van der Waals surface area contributed by atoms with E-state index in [9.17, 15) is 0 Å². The van der Waals surface area contributed by atoms with Crippen molar-refractivity contribution in [3.63, 3.8) is 0 Å². The summed E-state index contributed by atoms with van der Waals surface area (Å²) in [6.07, 6.45) is 0. The fourth-order valence-electron chi connectivity index (χ4n) is 14.3. The summed E-state index contributed by atoms with van der Waals surface area (Å²) in [5, 5.41) is 28.3. The first-order chi connectivity index (χ1) is 42.5. The third-order valence-electron chi connectivity index (χ3n) is 18.4. The summed E-state index contributed by atoms with van der Waals surface area (Å²) in [6, 6.07) is 107. The highest BCUT2D eigenvalue weighted by molar-refractivity contribution is 6.25. The van der Waals surface area contributed by atoms with Gasteiger partial charge >= 0.3 is 0 Å². The van der Waals surface area contributed by atoms with Crippen molar-refractivity contribution >= 4 is 186 Å². The Labute approximate surface area is 492 Å². The van der Waals surface area contributed by atoms with E-state index in [-0.39, 0.29) is 0 Å². The Morgan fingerprint density at radius 1 is 0.174 bits per heavy atom. The molecular weight excluding hydrogens is 1040 g/mol. The van der Waals surface area contributed by atoms with Gasteiger partial charge < -0.3 is 18.6 Å². The molecule has 0 unspecified atom stereocenters. The summed E-state index contributed by atoms with van der Waals surface area (Å²) in [5.74, 6) is 0. The van der Waals surface area contributed by atoms with Crippen LogP contribution in [0.3, 0.4) is 0 Å². The van der Waals surface area contributed by atoms with Gasteiger partial charge in [-0.15, -0.1) is 0 Å². The lowest BCUT2D eigenvalue weighted by atomic mass is 9.99. The molecule has 0 saturated heterocycles. The van der Waals surface area contributed by atoms with Crippen LogP contribution in [0.2, 0.25) is 0 Å². The lowest BCUT2D eigenvalue weighted by Gasteiger charge is -2.27. The lowest BCUT2D eigenvalue weighted by Crippen LogP contribution is -2.10. The van der Waals surface area contributed by atoms with Gasteiger partial charge in [0, 0.05) is 50.3 Å². The molecule has 0 aliphatic carbocycles. The van der Waals surface area contributed by atoms with Crippen molar-refractivity contribution in [2.75, 3.05) is 9.80 Å². The quantitative estimate of drug-likeness (QED) is 0.155. The van der Waals surface area contributed by atoms with Crippen molar-refractivity contribution in [2.45, 2.75) is 0 Å². The minimum absolute atomic E-state index is 0.797. The molecule has 398 valence electrons. The highest BCUT2D eigenvalue weighted by Gasteiger charge is 2.22. The molecule has 0 N–H and O–H groups in total. The van der Waals surface area contributed by atoms with Gasteiger partial charge in [0.2, 0.25) is 0 Å². The minimum atomic E-state index is 0.797. The standard InChI is InChI=1S/C82H48N2O2/c1-5-13-67-49(9-1)17-21-55-39-63(29-33-71(55)67)83(64-30-34-72-56(40-64)22-18-50-10-2-6-14-68(50)72)61-27-25-53-45-76-75-37-38-78-81(82(75)86-79(76)47-59(53)43-61)77-46-54-26-28-62(44-60(54)48-80(77)85-78)84(65-31-35-73-57(41-65)23-19-51-11-3-7-15-69(51)73)66-32-36-74-58(42-66)24-20-52-12-4-8-16-70(52)74/h1-48H. The number of furan rings is 2. The van der Waals surface area contributed by atoms with Gasteiger partial charge in [-0.25, -0.2) is 0 Å². The zero-order chi connectivity index (χ0) is 56.1. The number of fused-ring (bicyclic) bond motifs is 21. The largest absolute Gasteiger partial charge is 0.456 e. The van der Waals surface area contributed by atoms with Crippen LogP contribution in [0.1, 0.15) is 0 Å². The number of nitrogens with zero attached hydrogens (tertiary/aromatic N) is 2.